The topological polar surface area (TPSA) is 12.0 Å². The lowest BCUT2D eigenvalue weighted by atomic mass is 9.76. The van der Waals surface area contributed by atoms with Crippen molar-refractivity contribution in [3.63, 3.8) is 0 Å². The zero-order valence-corrected chi connectivity index (χ0v) is 13.4. The van der Waals surface area contributed by atoms with Crippen molar-refractivity contribution in [1.29, 1.82) is 0 Å². The second-order valence-electron chi connectivity index (χ2n) is 5.84. The first-order valence-corrected chi connectivity index (χ1v) is 7.92. The molecule has 0 aromatic heterocycles. The highest BCUT2D eigenvalue weighted by Crippen LogP contribution is 2.43. The largest absolute Gasteiger partial charge is 0.417 e. The van der Waals surface area contributed by atoms with Gasteiger partial charge < -0.3 is 5.32 Å². The predicted octanol–water partition coefficient (Wildman–Crippen LogP) is 5.55. The smallest absolute Gasteiger partial charge is 0.313 e. The van der Waals surface area contributed by atoms with E-state index in [0.29, 0.717) is 5.56 Å². The Morgan fingerprint density at radius 2 is 1.74 bits per heavy atom. The fraction of sp³-hybridized carbons (Fsp3) is 0.333. The molecule has 2 aromatic carbocycles. The van der Waals surface area contributed by atoms with E-state index >= 15 is 0 Å². The van der Waals surface area contributed by atoms with E-state index < -0.39 is 11.7 Å². The fourth-order valence-corrected chi connectivity index (χ4v) is 3.64. The molecule has 0 spiro atoms. The maximum Gasteiger partial charge on any atom is 0.417 e. The van der Waals surface area contributed by atoms with Crippen LogP contribution in [0.25, 0.3) is 0 Å². The van der Waals surface area contributed by atoms with Gasteiger partial charge in [0.05, 0.1) is 10.6 Å². The third-order valence-electron chi connectivity index (χ3n) is 4.54. The molecule has 0 saturated heterocycles. The monoisotopic (exact) mass is 339 g/mol. The Balaban J connectivity index is 2.06. The lowest BCUT2D eigenvalue weighted by Gasteiger charge is -2.32. The van der Waals surface area contributed by atoms with Gasteiger partial charge in [0.2, 0.25) is 0 Å². The minimum atomic E-state index is -4.44. The van der Waals surface area contributed by atoms with Crippen LogP contribution >= 0.6 is 11.6 Å². The van der Waals surface area contributed by atoms with Crippen molar-refractivity contribution < 1.29 is 13.2 Å². The van der Waals surface area contributed by atoms with Crippen LogP contribution in [0, 0.1) is 0 Å². The molecular formula is C18H17ClF3N. The summed E-state index contributed by atoms with van der Waals surface area (Å²) in [5, 5.41) is 3.02. The van der Waals surface area contributed by atoms with E-state index in [9.17, 15) is 13.2 Å². The third kappa shape index (κ3) is 3.10. The Morgan fingerprint density at radius 1 is 1.04 bits per heavy atom. The quantitative estimate of drug-likeness (QED) is 0.757. The van der Waals surface area contributed by atoms with E-state index in [-0.39, 0.29) is 17.0 Å². The van der Waals surface area contributed by atoms with Gasteiger partial charge in [0.15, 0.2) is 0 Å². The van der Waals surface area contributed by atoms with Crippen LogP contribution in [0.5, 0.6) is 0 Å². The van der Waals surface area contributed by atoms with Gasteiger partial charge in [-0.3, -0.25) is 0 Å². The van der Waals surface area contributed by atoms with Gasteiger partial charge in [-0.15, -0.1) is 0 Å². The molecule has 122 valence electrons. The molecule has 0 heterocycles. The van der Waals surface area contributed by atoms with Gasteiger partial charge in [0.25, 0.3) is 0 Å². The highest BCUT2D eigenvalue weighted by Gasteiger charge is 2.35. The van der Waals surface area contributed by atoms with Gasteiger partial charge in [-0.05, 0) is 48.7 Å². The first-order valence-electron chi connectivity index (χ1n) is 7.54. The molecule has 2 aromatic rings. The second kappa shape index (κ2) is 6.17. The minimum Gasteiger partial charge on any atom is -0.313 e. The molecular weight excluding hydrogens is 323 g/mol. The van der Waals surface area contributed by atoms with Gasteiger partial charge in [0.1, 0.15) is 0 Å². The van der Waals surface area contributed by atoms with E-state index in [1.54, 1.807) is 6.07 Å². The highest BCUT2D eigenvalue weighted by atomic mass is 35.5. The Kier molecular flexibility index (Phi) is 4.39. The Labute approximate surface area is 138 Å². The zero-order chi connectivity index (χ0) is 16.6. The summed E-state index contributed by atoms with van der Waals surface area (Å²) in [6.07, 6.45) is -2.74. The highest BCUT2D eigenvalue weighted by molar-refractivity contribution is 6.31. The number of hydrogen-bond acceptors (Lipinski definition) is 1. The van der Waals surface area contributed by atoms with Crippen LogP contribution in [0.4, 0.5) is 13.2 Å². The molecule has 0 radical (unpaired) electrons. The Morgan fingerprint density at radius 3 is 2.39 bits per heavy atom. The first kappa shape index (κ1) is 16.3. The van der Waals surface area contributed by atoms with Gasteiger partial charge in [0, 0.05) is 12.0 Å². The fourth-order valence-electron chi connectivity index (χ4n) is 3.41. The molecule has 3 rings (SSSR count). The molecule has 1 nitrogen and oxygen atoms in total. The van der Waals surface area contributed by atoms with Crippen LogP contribution in [-0.4, -0.2) is 7.05 Å². The summed E-state index contributed by atoms with van der Waals surface area (Å²) in [6.45, 7) is 0. The molecule has 23 heavy (non-hydrogen) atoms. The number of nitrogens with one attached hydrogen (secondary N) is 1. The summed E-state index contributed by atoms with van der Waals surface area (Å²) in [5.41, 5.74) is 2.16. The standard InChI is InChI=1S/C18H17ClF3N/c1-23-17-9-7-12(13-4-2-3-5-14(13)17)11-6-8-16(19)15(10-11)18(20,21)22/h2-6,8,10,12,17,23H,7,9H2,1H3/t12-,17-/m1/s1. The van der Waals surface area contributed by atoms with Crippen molar-refractivity contribution >= 4 is 11.6 Å². The van der Waals surface area contributed by atoms with Crippen molar-refractivity contribution in [3.05, 3.63) is 69.7 Å². The third-order valence-corrected chi connectivity index (χ3v) is 4.87. The van der Waals surface area contributed by atoms with Crippen molar-refractivity contribution in [3.8, 4) is 0 Å². The summed E-state index contributed by atoms with van der Waals surface area (Å²) in [5.74, 6) is -0.0332. The van der Waals surface area contributed by atoms with E-state index in [4.69, 9.17) is 11.6 Å². The summed E-state index contributed by atoms with van der Waals surface area (Å²) < 4.78 is 39.3. The van der Waals surface area contributed by atoms with Crippen LogP contribution < -0.4 is 5.32 Å². The molecule has 0 aliphatic heterocycles. The number of fused-ring (bicyclic) bond motifs is 1. The van der Waals surface area contributed by atoms with Crippen molar-refractivity contribution in [1.82, 2.24) is 5.32 Å². The molecule has 0 amide bonds. The Hall–Kier alpha value is -1.52. The van der Waals surface area contributed by atoms with Crippen LogP contribution in [0.1, 0.15) is 47.1 Å². The lowest BCUT2D eigenvalue weighted by molar-refractivity contribution is -0.137. The van der Waals surface area contributed by atoms with Crippen LogP contribution in [0.15, 0.2) is 42.5 Å². The average molecular weight is 340 g/mol. The molecule has 0 unspecified atom stereocenters. The lowest BCUT2D eigenvalue weighted by Crippen LogP contribution is -2.24. The van der Waals surface area contributed by atoms with Crippen LogP contribution in [0.2, 0.25) is 5.02 Å². The van der Waals surface area contributed by atoms with Crippen molar-refractivity contribution in [2.75, 3.05) is 7.05 Å². The van der Waals surface area contributed by atoms with Crippen molar-refractivity contribution in [2.24, 2.45) is 0 Å². The van der Waals surface area contributed by atoms with Gasteiger partial charge >= 0.3 is 6.18 Å². The summed E-state index contributed by atoms with van der Waals surface area (Å²) in [6, 6.07) is 12.5. The normalized spacial score (nSPS) is 21.1. The number of hydrogen-bond donors (Lipinski definition) is 1. The van der Waals surface area contributed by atoms with E-state index in [0.717, 1.165) is 24.0 Å². The minimum absolute atomic E-state index is 0.0332. The summed E-state index contributed by atoms with van der Waals surface area (Å²) in [4.78, 5) is 0. The van der Waals surface area contributed by atoms with E-state index in [1.165, 1.54) is 12.1 Å². The number of rotatable bonds is 2. The molecule has 0 bridgehead atoms. The van der Waals surface area contributed by atoms with Gasteiger partial charge in [-0.1, -0.05) is 41.9 Å². The molecule has 0 saturated carbocycles. The molecule has 1 aliphatic carbocycles. The maximum atomic E-state index is 13.1. The molecule has 2 atom stereocenters. The molecule has 5 heteroatoms. The molecule has 1 aliphatic rings. The number of benzene rings is 2. The second-order valence-corrected chi connectivity index (χ2v) is 6.24. The van der Waals surface area contributed by atoms with Crippen molar-refractivity contribution in [2.45, 2.75) is 31.0 Å². The summed E-state index contributed by atoms with van der Waals surface area (Å²) >= 11 is 5.74. The van der Waals surface area contributed by atoms with E-state index in [1.807, 2.05) is 31.3 Å². The molecule has 0 fully saturated rings. The van der Waals surface area contributed by atoms with Crippen LogP contribution in [0.3, 0.4) is 0 Å². The number of alkyl halides is 3. The summed E-state index contributed by atoms with van der Waals surface area (Å²) in [7, 11) is 1.91. The maximum absolute atomic E-state index is 13.1. The average Bonchev–Trinajstić information content (AvgIpc) is 2.53. The zero-order valence-electron chi connectivity index (χ0n) is 12.6. The Bertz CT molecular complexity index is 712. The van der Waals surface area contributed by atoms with Gasteiger partial charge in [-0.25, -0.2) is 0 Å². The van der Waals surface area contributed by atoms with E-state index in [2.05, 4.69) is 5.32 Å². The van der Waals surface area contributed by atoms with Crippen LogP contribution in [-0.2, 0) is 6.18 Å². The molecule has 1 N–H and O–H groups in total. The van der Waals surface area contributed by atoms with Gasteiger partial charge in [-0.2, -0.15) is 13.2 Å². The first-order chi connectivity index (χ1) is 10.9. The SMILES string of the molecule is CN[C@@H]1CC[C@H](c2ccc(Cl)c(C(F)(F)F)c2)c2ccccc21. The predicted molar refractivity (Wildman–Crippen MR) is 85.8 cm³/mol. The number of halogens is 4.